The Morgan fingerprint density at radius 2 is 1.78 bits per heavy atom. The van der Waals surface area contributed by atoms with Crippen LogP contribution >= 0.6 is 0 Å². The summed E-state index contributed by atoms with van der Waals surface area (Å²) < 4.78 is 5.13. The van der Waals surface area contributed by atoms with Crippen LogP contribution in [-0.4, -0.2) is 72.0 Å². The molecule has 1 rings (SSSR count). The fourth-order valence-electron chi connectivity index (χ4n) is 4.99. The summed E-state index contributed by atoms with van der Waals surface area (Å²) in [5.74, 6) is -0.505. The number of nitrogens with zero attached hydrogens (tertiary/aromatic N) is 2. The summed E-state index contributed by atoms with van der Waals surface area (Å²) in [4.78, 5) is 43.7. The van der Waals surface area contributed by atoms with Crippen molar-refractivity contribution in [2.75, 3.05) is 20.2 Å². The van der Waals surface area contributed by atoms with Gasteiger partial charge in [0.2, 0.25) is 11.8 Å². The Hall–Kier alpha value is -1.89. The van der Waals surface area contributed by atoms with Crippen LogP contribution in [0.1, 0.15) is 101 Å². The topological polar surface area (TPSA) is 79.0 Å². The van der Waals surface area contributed by atoms with Gasteiger partial charge in [0.25, 0.3) is 0 Å². The number of piperidine rings is 1. The first kappa shape index (κ1) is 32.1. The van der Waals surface area contributed by atoms with E-state index in [1.54, 1.807) is 31.9 Å². The van der Waals surface area contributed by atoms with Gasteiger partial charge >= 0.3 is 5.97 Å². The average Bonchev–Trinajstić information content (AvgIpc) is 2.82. The van der Waals surface area contributed by atoms with Crippen LogP contribution in [0, 0.1) is 11.3 Å². The molecule has 1 aliphatic rings. The molecule has 1 heterocycles. The van der Waals surface area contributed by atoms with E-state index in [9.17, 15) is 14.4 Å². The third-order valence-corrected chi connectivity index (χ3v) is 7.28. The van der Waals surface area contributed by atoms with Crippen LogP contribution < -0.4 is 5.32 Å². The number of carbonyl (C=O) groups is 3. The van der Waals surface area contributed by atoms with Crippen LogP contribution in [0.5, 0.6) is 0 Å². The maximum atomic E-state index is 13.8. The van der Waals surface area contributed by atoms with E-state index in [4.69, 9.17) is 4.74 Å². The molecule has 3 unspecified atom stereocenters. The molecule has 0 aromatic rings. The summed E-state index contributed by atoms with van der Waals surface area (Å²) >= 11 is 0. The lowest BCUT2D eigenvalue weighted by Gasteiger charge is -2.41. The minimum Gasteiger partial charge on any atom is -0.463 e. The Morgan fingerprint density at radius 1 is 1.14 bits per heavy atom. The zero-order valence-electron chi connectivity index (χ0n) is 24.6. The highest BCUT2D eigenvalue weighted by Gasteiger charge is 2.40. The minimum absolute atomic E-state index is 0.0564. The van der Waals surface area contributed by atoms with Crippen LogP contribution in [-0.2, 0) is 19.1 Å². The molecule has 7 nitrogen and oxygen atoms in total. The third-order valence-electron chi connectivity index (χ3n) is 7.28. The number of rotatable bonds is 12. The largest absolute Gasteiger partial charge is 0.463 e. The van der Waals surface area contributed by atoms with Crippen molar-refractivity contribution >= 4 is 17.8 Å². The standard InChI is InChI=1S/C29H53N3O4/c1-11-13-16-22(6)32-18-15-14-17-23(32)26(33)30-25(29(7,8)9)27(34)31(10)24(20(3)4)19-21(5)28(35)36-12-2/h19-20,22-25H,11-18H2,1-10H3,(H,30,33)/b21-19+/t22?,23?,24-,25?/m1/s1. The highest BCUT2D eigenvalue weighted by Crippen LogP contribution is 2.26. The molecule has 0 radical (unpaired) electrons. The molecular weight excluding hydrogens is 454 g/mol. The first-order chi connectivity index (χ1) is 16.8. The number of likely N-dealkylation sites (tertiary alicyclic amines) is 1. The van der Waals surface area contributed by atoms with Gasteiger partial charge in [-0.2, -0.15) is 0 Å². The van der Waals surface area contributed by atoms with Crippen molar-refractivity contribution in [3.63, 3.8) is 0 Å². The van der Waals surface area contributed by atoms with Crippen molar-refractivity contribution in [1.29, 1.82) is 0 Å². The molecule has 0 aromatic carbocycles. The van der Waals surface area contributed by atoms with Gasteiger partial charge in [-0.05, 0) is 57.9 Å². The molecule has 2 amide bonds. The molecule has 1 saturated heterocycles. The fraction of sp³-hybridized carbons (Fsp3) is 0.828. The van der Waals surface area contributed by atoms with E-state index in [1.807, 2.05) is 34.6 Å². The van der Waals surface area contributed by atoms with Gasteiger partial charge in [-0.1, -0.05) is 66.9 Å². The van der Waals surface area contributed by atoms with E-state index in [1.165, 1.54) is 0 Å². The Balaban J connectivity index is 3.15. The van der Waals surface area contributed by atoms with Crippen molar-refractivity contribution < 1.29 is 19.1 Å². The molecule has 7 heteroatoms. The molecule has 0 bridgehead atoms. The summed E-state index contributed by atoms with van der Waals surface area (Å²) in [5, 5.41) is 3.15. The second kappa shape index (κ2) is 14.7. The van der Waals surface area contributed by atoms with Gasteiger partial charge in [-0.3, -0.25) is 14.5 Å². The van der Waals surface area contributed by atoms with Crippen molar-refractivity contribution in [3.05, 3.63) is 11.6 Å². The predicted octanol–water partition coefficient (Wildman–Crippen LogP) is 4.94. The number of esters is 1. The molecule has 1 N–H and O–H groups in total. The second-order valence-electron chi connectivity index (χ2n) is 11.8. The summed E-state index contributed by atoms with van der Waals surface area (Å²) in [7, 11) is 1.76. The number of hydrogen-bond acceptors (Lipinski definition) is 5. The van der Waals surface area contributed by atoms with Gasteiger partial charge in [0.1, 0.15) is 6.04 Å². The maximum Gasteiger partial charge on any atom is 0.333 e. The van der Waals surface area contributed by atoms with Gasteiger partial charge in [0.15, 0.2) is 0 Å². The zero-order chi connectivity index (χ0) is 27.6. The molecule has 1 aliphatic heterocycles. The van der Waals surface area contributed by atoms with Gasteiger partial charge < -0.3 is 15.0 Å². The number of unbranched alkanes of at least 4 members (excludes halogenated alkanes) is 1. The van der Waals surface area contributed by atoms with E-state index >= 15 is 0 Å². The number of nitrogens with one attached hydrogen (secondary N) is 1. The smallest absolute Gasteiger partial charge is 0.333 e. The highest BCUT2D eigenvalue weighted by molar-refractivity contribution is 5.91. The predicted molar refractivity (Wildman–Crippen MR) is 147 cm³/mol. The molecular formula is C29H53N3O4. The average molecular weight is 508 g/mol. The summed E-state index contributed by atoms with van der Waals surface area (Å²) in [6.45, 7) is 19.1. The van der Waals surface area contributed by atoms with Crippen LogP contribution in [0.25, 0.3) is 0 Å². The van der Waals surface area contributed by atoms with Crippen LogP contribution in [0.2, 0.25) is 0 Å². The molecule has 36 heavy (non-hydrogen) atoms. The quantitative estimate of drug-likeness (QED) is 0.299. The maximum absolute atomic E-state index is 13.8. The van der Waals surface area contributed by atoms with Gasteiger partial charge in [-0.15, -0.1) is 0 Å². The lowest BCUT2D eigenvalue weighted by molar-refractivity contribution is -0.142. The Bertz CT molecular complexity index is 756. The third kappa shape index (κ3) is 9.20. The van der Waals surface area contributed by atoms with Crippen LogP contribution in [0.4, 0.5) is 0 Å². The number of hydrogen-bond donors (Lipinski definition) is 1. The van der Waals surface area contributed by atoms with Crippen molar-refractivity contribution in [2.24, 2.45) is 11.3 Å². The van der Waals surface area contributed by atoms with E-state index in [2.05, 4.69) is 24.1 Å². The lowest BCUT2D eigenvalue weighted by Crippen LogP contribution is -2.60. The zero-order valence-corrected chi connectivity index (χ0v) is 24.6. The van der Waals surface area contributed by atoms with Crippen LogP contribution in [0.3, 0.4) is 0 Å². The van der Waals surface area contributed by atoms with E-state index in [-0.39, 0.29) is 35.8 Å². The first-order valence-electron chi connectivity index (χ1n) is 13.9. The first-order valence-corrected chi connectivity index (χ1v) is 13.9. The van der Waals surface area contributed by atoms with Gasteiger partial charge in [-0.25, -0.2) is 4.79 Å². The van der Waals surface area contributed by atoms with Crippen LogP contribution in [0.15, 0.2) is 11.6 Å². The molecule has 1 fully saturated rings. The molecule has 0 saturated carbocycles. The minimum atomic E-state index is -0.678. The van der Waals surface area contributed by atoms with E-state index in [0.29, 0.717) is 18.2 Å². The Kier molecular flexibility index (Phi) is 13.2. The van der Waals surface area contributed by atoms with Gasteiger partial charge in [0.05, 0.1) is 18.7 Å². The van der Waals surface area contributed by atoms with Crippen molar-refractivity contribution in [1.82, 2.24) is 15.1 Å². The lowest BCUT2D eigenvalue weighted by atomic mass is 9.84. The Labute approximate surface area is 220 Å². The summed E-state index contributed by atoms with van der Waals surface area (Å²) in [5.41, 5.74) is 0.000844. The monoisotopic (exact) mass is 507 g/mol. The molecule has 208 valence electrons. The molecule has 4 atom stereocenters. The van der Waals surface area contributed by atoms with Crippen molar-refractivity contribution in [2.45, 2.75) is 125 Å². The van der Waals surface area contributed by atoms with Crippen molar-refractivity contribution in [3.8, 4) is 0 Å². The second-order valence-corrected chi connectivity index (χ2v) is 11.8. The number of ether oxygens (including phenoxy) is 1. The Morgan fingerprint density at radius 3 is 2.31 bits per heavy atom. The van der Waals surface area contributed by atoms with Gasteiger partial charge in [0, 0.05) is 18.7 Å². The number of likely N-dealkylation sites (N-methyl/N-ethyl adjacent to an activating group) is 1. The highest BCUT2D eigenvalue weighted by atomic mass is 16.5. The fourth-order valence-corrected chi connectivity index (χ4v) is 4.99. The number of carbonyl (C=O) groups excluding carboxylic acids is 3. The number of amides is 2. The molecule has 0 spiro atoms. The molecule has 0 aliphatic carbocycles. The molecule has 0 aromatic heterocycles. The summed E-state index contributed by atoms with van der Waals surface area (Å²) in [6.07, 6.45) is 8.12. The van der Waals surface area contributed by atoms with E-state index < -0.39 is 11.5 Å². The SMILES string of the molecule is CCCCC(C)N1CCCCC1C(=O)NC(C(=O)N(C)[C@H](/C=C(\C)C(=O)OCC)C(C)C)C(C)(C)C. The summed E-state index contributed by atoms with van der Waals surface area (Å²) in [6, 6.07) is -0.847. The van der Waals surface area contributed by atoms with E-state index in [0.717, 1.165) is 45.1 Å². The normalized spacial score (nSPS) is 20.0.